The molecule has 0 unspecified atom stereocenters. The molecule has 0 aromatic heterocycles. The minimum Gasteiger partial charge on any atom is -0.303 e. The van der Waals surface area contributed by atoms with Crippen LogP contribution in [0.15, 0.2) is 47.4 Å². The monoisotopic (exact) mass is 430 g/mol. The van der Waals surface area contributed by atoms with Crippen LogP contribution in [-0.2, 0) is 0 Å². The van der Waals surface area contributed by atoms with Crippen LogP contribution in [-0.4, -0.2) is 53.5 Å². The van der Waals surface area contributed by atoms with Gasteiger partial charge < -0.3 is 4.90 Å². The molecule has 2 heterocycles. The van der Waals surface area contributed by atoms with Gasteiger partial charge in [-0.1, -0.05) is 18.2 Å². The molecule has 0 bridgehead atoms. The van der Waals surface area contributed by atoms with Crippen molar-refractivity contribution in [3.63, 3.8) is 0 Å². The topological polar surface area (TPSA) is 40.6 Å². The van der Waals surface area contributed by atoms with Crippen LogP contribution in [0.3, 0.4) is 0 Å². The molecule has 0 N–H and O–H groups in total. The lowest BCUT2D eigenvalue weighted by molar-refractivity contribution is 0.0834. The Hall–Kier alpha value is -2.09. The maximum atomic E-state index is 13.9. The highest BCUT2D eigenvalue weighted by atomic mass is 32.2. The average molecular weight is 431 g/mol. The summed E-state index contributed by atoms with van der Waals surface area (Å²) in [6.07, 6.45) is 2.30. The van der Waals surface area contributed by atoms with Crippen molar-refractivity contribution in [2.45, 2.75) is 24.2 Å². The summed E-state index contributed by atoms with van der Waals surface area (Å²) in [5.41, 5.74) is 0.796. The first-order chi connectivity index (χ1) is 14.5. The summed E-state index contributed by atoms with van der Waals surface area (Å²) >= 11 is 1.64. The molecular weight excluding hydrogens is 406 g/mol. The molecule has 2 aliphatic rings. The number of carbonyl (C=O) groups is 2. The molecule has 7 heteroatoms. The Morgan fingerprint density at radius 2 is 1.83 bits per heavy atom. The summed E-state index contributed by atoms with van der Waals surface area (Å²) in [7, 11) is 0. The molecule has 1 fully saturated rings. The average Bonchev–Trinajstić information content (AvgIpc) is 2.74. The quantitative estimate of drug-likeness (QED) is 0.500. The second kappa shape index (κ2) is 9.37. The summed E-state index contributed by atoms with van der Waals surface area (Å²) in [6, 6.07) is 10.9. The summed E-state index contributed by atoms with van der Waals surface area (Å²) < 4.78 is 29.1. The van der Waals surface area contributed by atoms with E-state index in [0.717, 1.165) is 55.2 Å². The van der Waals surface area contributed by atoms with Gasteiger partial charge in [0.05, 0.1) is 12.1 Å². The number of rotatable bonds is 6. The first-order valence-electron chi connectivity index (χ1n) is 10.3. The lowest BCUT2D eigenvalue weighted by Crippen LogP contribution is -2.38. The molecule has 30 heavy (non-hydrogen) atoms. The third-order valence-corrected chi connectivity index (χ3v) is 6.89. The lowest BCUT2D eigenvalue weighted by atomic mass is 9.88. The van der Waals surface area contributed by atoms with E-state index in [-0.39, 0.29) is 23.0 Å². The lowest BCUT2D eigenvalue weighted by Gasteiger charge is -2.32. The van der Waals surface area contributed by atoms with Crippen LogP contribution in [0.2, 0.25) is 0 Å². The van der Waals surface area contributed by atoms with E-state index in [0.29, 0.717) is 19.4 Å². The maximum absolute atomic E-state index is 13.9. The third-order valence-electron chi connectivity index (χ3n) is 5.77. The largest absolute Gasteiger partial charge is 0.303 e. The highest BCUT2D eigenvalue weighted by molar-refractivity contribution is 7.97. The molecule has 0 atom stereocenters. The van der Waals surface area contributed by atoms with Gasteiger partial charge in [0.1, 0.15) is 11.6 Å². The molecule has 0 spiro atoms. The third kappa shape index (κ3) is 4.79. The number of fused-ring (bicyclic) bond motifs is 1. The Labute approximate surface area is 179 Å². The zero-order chi connectivity index (χ0) is 21.1. The second-order valence-corrected chi connectivity index (χ2v) is 8.97. The van der Waals surface area contributed by atoms with Crippen LogP contribution in [0, 0.1) is 17.6 Å². The first-order valence-corrected chi connectivity index (χ1v) is 11.1. The van der Waals surface area contributed by atoms with Crippen molar-refractivity contribution in [3.8, 4) is 0 Å². The number of benzene rings is 2. The van der Waals surface area contributed by atoms with Crippen molar-refractivity contribution in [2.75, 3.05) is 32.7 Å². The van der Waals surface area contributed by atoms with Crippen molar-refractivity contribution in [1.82, 2.24) is 9.21 Å². The zero-order valence-electron chi connectivity index (χ0n) is 16.7. The molecule has 158 valence electrons. The number of piperidine rings is 1. The zero-order valence-corrected chi connectivity index (χ0v) is 17.5. The molecule has 1 saturated heterocycles. The van der Waals surface area contributed by atoms with E-state index in [9.17, 15) is 18.4 Å². The fourth-order valence-corrected chi connectivity index (χ4v) is 5.22. The summed E-state index contributed by atoms with van der Waals surface area (Å²) in [4.78, 5) is 28.2. The predicted molar refractivity (Wildman–Crippen MR) is 113 cm³/mol. The van der Waals surface area contributed by atoms with Gasteiger partial charge in [-0.25, -0.2) is 13.1 Å². The maximum Gasteiger partial charge on any atom is 0.178 e. The summed E-state index contributed by atoms with van der Waals surface area (Å²) in [6.45, 7) is 3.73. The van der Waals surface area contributed by atoms with Crippen molar-refractivity contribution in [3.05, 3.63) is 65.2 Å². The Kier molecular flexibility index (Phi) is 6.61. The van der Waals surface area contributed by atoms with Crippen LogP contribution < -0.4 is 0 Å². The summed E-state index contributed by atoms with van der Waals surface area (Å²) in [5, 5.41) is 0. The number of nitrogens with zero attached hydrogens (tertiary/aromatic N) is 2. The van der Waals surface area contributed by atoms with E-state index in [1.165, 1.54) is 6.07 Å². The fraction of sp³-hybridized carbons (Fsp3) is 0.391. The van der Waals surface area contributed by atoms with Crippen LogP contribution in [0.25, 0.3) is 0 Å². The van der Waals surface area contributed by atoms with Gasteiger partial charge >= 0.3 is 0 Å². The SMILES string of the molecule is O=C1CN(CCCN2CCC(C(=O)c3ccc(F)cc3F)CC2)Sc2ccccc21. The molecule has 4 nitrogen and oxygen atoms in total. The minimum atomic E-state index is -0.780. The van der Waals surface area contributed by atoms with Gasteiger partial charge in [0, 0.05) is 29.0 Å². The predicted octanol–water partition coefficient (Wildman–Crippen LogP) is 4.46. The van der Waals surface area contributed by atoms with Crippen LogP contribution in [0.4, 0.5) is 8.78 Å². The van der Waals surface area contributed by atoms with E-state index in [1.54, 1.807) is 11.9 Å². The number of Topliss-reactive ketones (excluding diaryl/α,β-unsaturated/α-hetero) is 2. The Morgan fingerprint density at radius 3 is 2.60 bits per heavy atom. The highest BCUT2D eigenvalue weighted by Crippen LogP contribution is 2.31. The van der Waals surface area contributed by atoms with Gasteiger partial charge in [-0.05, 0) is 69.0 Å². The Balaban J connectivity index is 1.22. The smallest absolute Gasteiger partial charge is 0.178 e. The molecule has 0 aliphatic carbocycles. The molecule has 0 radical (unpaired) electrons. The van der Waals surface area contributed by atoms with Crippen molar-refractivity contribution >= 4 is 23.5 Å². The van der Waals surface area contributed by atoms with Gasteiger partial charge in [-0.2, -0.15) is 0 Å². The number of halogens is 2. The molecule has 2 aromatic carbocycles. The Morgan fingerprint density at radius 1 is 1.07 bits per heavy atom. The normalized spacial score (nSPS) is 18.4. The summed E-state index contributed by atoms with van der Waals surface area (Å²) in [5.74, 6) is -1.73. The van der Waals surface area contributed by atoms with Crippen LogP contribution >= 0.6 is 11.9 Å². The van der Waals surface area contributed by atoms with E-state index < -0.39 is 11.6 Å². The number of hydrogen-bond donors (Lipinski definition) is 0. The molecule has 4 rings (SSSR count). The molecular formula is C23H24F2N2O2S. The van der Waals surface area contributed by atoms with E-state index >= 15 is 0 Å². The van der Waals surface area contributed by atoms with E-state index in [4.69, 9.17) is 0 Å². The van der Waals surface area contributed by atoms with E-state index in [2.05, 4.69) is 9.21 Å². The molecule has 2 aromatic rings. The molecule has 0 saturated carbocycles. The minimum absolute atomic E-state index is 0.0121. The van der Waals surface area contributed by atoms with Gasteiger partial charge in [0.25, 0.3) is 0 Å². The van der Waals surface area contributed by atoms with E-state index in [1.807, 2.05) is 24.3 Å². The van der Waals surface area contributed by atoms with Gasteiger partial charge in [-0.3, -0.25) is 9.59 Å². The first kappa shape index (κ1) is 21.2. The standard InChI is InChI=1S/C23H24F2N2O2S/c24-17-6-7-18(20(25)14-17)23(29)16-8-12-26(13-9-16)10-3-11-27-15-21(28)19-4-1-2-5-22(19)30-27/h1-2,4-7,14,16H,3,8-13,15H2. The van der Waals surface area contributed by atoms with Crippen LogP contribution in [0.1, 0.15) is 40.0 Å². The van der Waals surface area contributed by atoms with Crippen LogP contribution in [0.5, 0.6) is 0 Å². The molecule has 2 aliphatic heterocycles. The van der Waals surface area contributed by atoms with Gasteiger partial charge in [0.2, 0.25) is 0 Å². The van der Waals surface area contributed by atoms with Gasteiger partial charge in [0.15, 0.2) is 11.6 Å². The van der Waals surface area contributed by atoms with Gasteiger partial charge in [-0.15, -0.1) is 0 Å². The number of hydrogen-bond acceptors (Lipinski definition) is 5. The number of ketones is 2. The molecule has 0 amide bonds. The second-order valence-electron chi connectivity index (χ2n) is 7.83. The number of likely N-dealkylation sites (tertiary alicyclic amines) is 1. The Bertz CT molecular complexity index is 945. The number of carbonyl (C=O) groups excluding carboxylic acids is 2. The van der Waals surface area contributed by atoms with Crippen molar-refractivity contribution in [1.29, 1.82) is 0 Å². The van der Waals surface area contributed by atoms with Crippen molar-refractivity contribution < 1.29 is 18.4 Å². The highest BCUT2D eigenvalue weighted by Gasteiger charge is 2.28. The fourth-order valence-electron chi connectivity index (χ4n) is 4.12. The van der Waals surface area contributed by atoms with Crippen molar-refractivity contribution in [2.24, 2.45) is 5.92 Å².